The lowest BCUT2D eigenvalue weighted by Crippen LogP contribution is -2.38. The highest BCUT2D eigenvalue weighted by molar-refractivity contribution is 5.97. The number of rotatable bonds is 7. The molecule has 0 spiro atoms. The van der Waals surface area contributed by atoms with Crippen molar-refractivity contribution in [3.05, 3.63) is 90.0 Å². The predicted molar refractivity (Wildman–Crippen MR) is 127 cm³/mol. The number of imidazole rings is 1. The van der Waals surface area contributed by atoms with Crippen LogP contribution in [-0.2, 0) is 4.79 Å². The molecule has 2 aromatic carbocycles. The highest BCUT2D eigenvalue weighted by atomic mass is 16.3. The number of carbonyl (C=O) groups is 2. The van der Waals surface area contributed by atoms with Gasteiger partial charge in [-0.2, -0.15) is 0 Å². The maximum absolute atomic E-state index is 12.9. The van der Waals surface area contributed by atoms with Crippen LogP contribution in [-0.4, -0.2) is 39.4 Å². The van der Waals surface area contributed by atoms with Gasteiger partial charge in [-0.1, -0.05) is 47.5 Å². The van der Waals surface area contributed by atoms with Gasteiger partial charge in [0.05, 0.1) is 12.0 Å². The molecule has 2 heterocycles. The minimum absolute atomic E-state index is 0.114. The van der Waals surface area contributed by atoms with E-state index in [0.29, 0.717) is 12.5 Å². The molecule has 4 aromatic rings. The van der Waals surface area contributed by atoms with Gasteiger partial charge < -0.3 is 9.32 Å². The molecule has 7 nitrogen and oxygen atoms in total. The van der Waals surface area contributed by atoms with Crippen molar-refractivity contribution in [1.29, 1.82) is 0 Å². The summed E-state index contributed by atoms with van der Waals surface area (Å²) in [6.45, 7) is 6.12. The number of amides is 2. The van der Waals surface area contributed by atoms with Crippen molar-refractivity contribution in [2.24, 2.45) is 0 Å². The normalized spacial score (nSPS) is 10.8. The van der Waals surface area contributed by atoms with E-state index < -0.39 is 0 Å². The van der Waals surface area contributed by atoms with Gasteiger partial charge in [-0.15, -0.1) is 0 Å². The van der Waals surface area contributed by atoms with E-state index in [0.717, 1.165) is 28.1 Å². The van der Waals surface area contributed by atoms with E-state index in [4.69, 9.17) is 4.42 Å². The van der Waals surface area contributed by atoms with Crippen molar-refractivity contribution in [2.45, 2.75) is 20.8 Å². The van der Waals surface area contributed by atoms with Gasteiger partial charge in [-0.25, -0.2) is 4.98 Å². The van der Waals surface area contributed by atoms with Crippen LogP contribution in [0.25, 0.3) is 16.9 Å². The van der Waals surface area contributed by atoms with Crippen LogP contribution >= 0.6 is 0 Å². The Hall–Kier alpha value is -4.13. The fourth-order valence-electron chi connectivity index (χ4n) is 3.45. The third-order valence-corrected chi connectivity index (χ3v) is 5.35. The monoisotopic (exact) mass is 442 g/mol. The fourth-order valence-corrected chi connectivity index (χ4v) is 3.45. The molecule has 0 bridgehead atoms. The molecular formula is C26H26N4O3. The third kappa shape index (κ3) is 5.03. The molecule has 0 aliphatic rings. The molecule has 0 fully saturated rings. The Balaban J connectivity index is 1.61. The van der Waals surface area contributed by atoms with Gasteiger partial charge in [0, 0.05) is 24.0 Å². The molecular weight excluding hydrogens is 416 g/mol. The molecule has 0 atom stereocenters. The minimum Gasteiger partial charge on any atom is -0.459 e. The SMILES string of the molecule is CCN(CC(=O)Nc1nc(-c2ccc(C)cc2)cn1-c1ccc(C)cc1)C(=O)c1ccco1. The number of hydrogen-bond donors (Lipinski definition) is 1. The number of furan rings is 1. The van der Waals surface area contributed by atoms with Crippen molar-refractivity contribution in [3.63, 3.8) is 0 Å². The van der Waals surface area contributed by atoms with Crippen molar-refractivity contribution >= 4 is 17.8 Å². The molecule has 168 valence electrons. The van der Waals surface area contributed by atoms with Crippen molar-refractivity contribution < 1.29 is 14.0 Å². The summed E-state index contributed by atoms with van der Waals surface area (Å²) < 4.78 is 7.03. The van der Waals surface area contributed by atoms with Crippen LogP contribution in [0.5, 0.6) is 0 Å². The molecule has 0 aliphatic heterocycles. The van der Waals surface area contributed by atoms with E-state index >= 15 is 0 Å². The number of likely N-dealkylation sites (N-methyl/N-ethyl adjacent to an activating group) is 1. The van der Waals surface area contributed by atoms with E-state index in [9.17, 15) is 9.59 Å². The van der Waals surface area contributed by atoms with Crippen LogP contribution in [0.1, 0.15) is 28.6 Å². The molecule has 7 heteroatoms. The number of nitrogens with one attached hydrogen (secondary N) is 1. The van der Waals surface area contributed by atoms with Gasteiger partial charge >= 0.3 is 0 Å². The molecule has 0 unspecified atom stereocenters. The largest absolute Gasteiger partial charge is 0.459 e. The van der Waals surface area contributed by atoms with Gasteiger partial charge in [0.25, 0.3) is 5.91 Å². The molecule has 0 radical (unpaired) electrons. The molecule has 2 aromatic heterocycles. The van der Waals surface area contributed by atoms with Crippen LogP contribution in [0.15, 0.2) is 77.5 Å². The molecule has 1 N–H and O–H groups in total. The van der Waals surface area contributed by atoms with E-state index in [1.807, 2.05) is 80.1 Å². The quantitative estimate of drug-likeness (QED) is 0.444. The maximum Gasteiger partial charge on any atom is 0.290 e. The van der Waals surface area contributed by atoms with Crippen LogP contribution < -0.4 is 5.32 Å². The summed E-state index contributed by atoms with van der Waals surface area (Å²) in [6.07, 6.45) is 3.34. The Labute approximate surface area is 192 Å². The van der Waals surface area contributed by atoms with Gasteiger partial charge in [-0.05, 0) is 45.0 Å². The first kappa shape index (κ1) is 22.1. The van der Waals surface area contributed by atoms with Crippen LogP contribution in [0.3, 0.4) is 0 Å². The molecule has 0 saturated carbocycles. The number of benzene rings is 2. The second kappa shape index (κ2) is 9.56. The first-order chi connectivity index (χ1) is 15.9. The summed E-state index contributed by atoms with van der Waals surface area (Å²) >= 11 is 0. The summed E-state index contributed by atoms with van der Waals surface area (Å²) in [5, 5.41) is 2.88. The van der Waals surface area contributed by atoms with Gasteiger partial charge in [0.2, 0.25) is 11.9 Å². The first-order valence-electron chi connectivity index (χ1n) is 10.8. The van der Waals surface area contributed by atoms with Gasteiger partial charge in [-0.3, -0.25) is 19.5 Å². The second-order valence-electron chi connectivity index (χ2n) is 7.87. The average molecular weight is 443 g/mol. The van der Waals surface area contributed by atoms with E-state index in [1.54, 1.807) is 12.1 Å². The molecule has 33 heavy (non-hydrogen) atoms. The van der Waals surface area contributed by atoms with E-state index in [-0.39, 0.29) is 24.1 Å². The summed E-state index contributed by atoms with van der Waals surface area (Å²) in [6, 6.07) is 19.3. The first-order valence-corrected chi connectivity index (χ1v) is 10.8. The molecule has 0 aliphatic carbocycles. The fraction of sp³-hybridized carbons (Fsp3) is 0.192. The van der Waals surface area contributed by atoms with Crippen molar-refractivity contribution in [1.82, 2.24) is 14.5 Å². The Morgan fingerprint density at radius 2 is 1.67 bits per heavy atom. The van der Waals surface area contributed by atoms with Gasteiger partial charge in [0.15, 0.2) is 5.76 Å². The number of aromatic nitrogens is 2. The topological polar surface area (TPSA) is 80.4 Å². The smallest absolute Gasteiger partial charge is 0.290 e. The highest BCUT2D eigenvalue weighted by Gasteiger charge is 2.21. The van der Waals surface area contributed by atoms with E-state index in [2.05, 4.69) is 10.3 Å². The third-order valence-electron chi connectivity index (χ3n) is 5.35. The highest BCUT2D eigenvalue weighted by Crippen LogP contribution is 2.25. The zero-order valence-electron chi connectivity index (χ0n) is 18.9. The van der Waals surface area contributed by atoms with Crippen LogP contribution in [0, 0.1) is 13.8 Å². The van der Waals surface area contributed by atoms with Crippen LogP contribution in [0.4, 0.5) is 5.95 Å². The number of hydrogen-bond acceptors (Lipinski definition) is 4. The standard InChI is InChI=1S/C26H26N4O3/c1-4-29(25(32)23-6-5-15-33-23)17-24(31)28-26-27-22(20-11-7-18(2)8-12-20)16-30(26)21-13-9-19(3)10-14-21/h5-16H,4,17H2,1-3H3,(H,27,28,31). The number of aryl methyl sites for hydroxylation is 2. The summed E-state index contributed by atoms with van der Waals surface area (Å²) in [5.74, 6) is -0.0839. The number of carbonyl (C=O) groups excluding carboxylic acids is 2. The Morgan fingerprint density at radius 1 is 1.00 bits per heavy atom. The lowest BCUT2D eigenvalue weighted by molar-refractivity contribution is -0.116. The Bertz CT molecular complexity index is 1240. The zero-order valence-corrected chi connectivity index (χ0v) is 18.9. The van der Waals surface area contributed by atoms with Gasteiger partial charge in [0.1, 0.15) is 6.54 Å². The number of nitrogens with zero attached hydrogens (tertiary/aromatic N) is 3. The van der Waals surface area contributed by atoms with Crippen LogP contribution in [0.2, 0.25) is 0 Å². The molecule has 4 rings (SSSR count). The van der Waals surface area contributed by atoms with E-state index in [1.165, 1.54) is 11.2 Å². The summed E-state index contributed by atoms with van der Waals surface area (Å²) in [4.78, 5) is 31.6. The van der Waals surface area contributed by atoms with Crippen molar-refractivity contribution in [2.75, 3.05) is 18.4 Å². The molecule has 2 amide bonds. The zero-order chi connectivity index (χ0) is 23.4. The lowest BCUT2D eigenvalue weighted by atomic mass is 10.1. The van der Waals surface area contributed by atoms with Crippen molar-refractivity contribution in [3.8, 4) is 16.9 Å². The second-order valence-corrected chi connectivity index (χ2v) is 7.87. The summed E-state index contributed by atoms with van der Waals surface area (Å²) in [5.41, 5.74) is 4.86. The maximum atomic E-state index is 12.9. The predicted octanol–water partition coefficient (Wildman–Crippen LogP) is 4.85. The minimum atomic E-state index is -0.342. The Kier molecular flexibility index (Phi) is 6.40. The Morgan fingerprint density at radius 3 is 2.27 bits per heavy atom. The number of anilines is 1. The lowest BCUT2D eigenvalue weighted by Gasteiger charge is -2.19. The molecule has 0 saturated heterocycles. The summed E-state index contributed by atoms with van der Waals surface area (Å²) in [7, 11) is 0. The average Bonchev–Trinajstić information content (AvgIpc) is 3.49.